The molecule has 0 aliphatic carbocycles. The Morgan fingerprint density at radius 2 is 1.74 bits per heavy atom. The first-order valence-corrected chi connectivity index (χ1v) is 8.93. The van der Waals surface area contributed by atoms with Crippen molar-refractivity contribution in [3.05, 3.63) is 60.2 Å². The molecule has 27 heavy (non-hydrogen) atoms. The molecular weight excluding hydrogens is 342 g/mol. The van der Waals surface area contributed by atoms with Crippen LogP contribution >= 0.6 is 0 Å². The van der Waals surface area contributed by atoms with Crippen molar-refractivity contribution in [1.82, 2.24) is 4.90 Å². The molecule has 1 aliphatic heterocycles. The fourth-order valence-electron chi connectivity index (χ4n) is 3.07. The zero-order valence-corrected chi connectivity index (χ0v) is 14.9. The molecule has 0 radical (unpaired) electrons. The highest BCUT2D eigenvalue weighted by Gasteiger charge is 2.27. The van der Waals surface area contributed by atoms with Crippen LogP contribution in [0, 0.1) is 17.2 Å². The van der Waals surface area contributed by atoms with Gasteiger partial charge in [-0.3, -0.25) is 9.59 Å². The summed E-state index contributed by atoms with van der Waals surface area (Å²) in [5.74, 6) is 0.164. The highest BCUT2D eigenvalue weighted by molar-refractivity contribution is 5.92. The van der Waals surface area contributed by atoms with Gasteiger partial charge in [0.1, 0.15) is 11.8 Å². The van der Waals surface area contributed by atoms with E-state index in [1.807, 2.05) is 36.4 Å². The Bertz CT molecular complexity index is 837. The summed E-state index contributed by atoms with van der Waals surface area (Å²) in [5.41, 5.74) is 1.19. The van der Waals surface area contributed by atoms with Crippen LogP contribution < -0.4 is 10.1 Å². The van der Waals surface area contributed by atoms with Gasteiger partial charge in [0.25, 0.3) is 5.91 Å². The van der Waals surface area contributed by atoms with Gasteiger partial charge in [0, 0.05) is 24.7 Å². The van der Waals surface area contributed by atoms with E-state index >= 15 is 0 Å². The van der Waals surface area contributed by atoms with Crippen LogP contribution in [-0.2, 0) is 9.59 Å². The summed E-state index contributed by atoms with van der Waals surface area (Å²) in [5, 5.41) is 12.0. The highest BCUT2D eigenvalue weighted by atomic mass is 16.5. The van der Waals surface area contributed by atoms with Gasteiger partial charge >= 0.3 is 0 Å². The number of nitrogens with one attached hydrogen (secondary N) is 1. The maximum Gasteiger partial charge on any atom is 0.260 e. The van der Waals surface area contributed by atoms with Gasteiger partial charge in [0.05, 0.1) is 5.56 Å². The lowest BCUT2D eigenvalue weighted by Crippen LogP contribution is -2.43. The van der Waals surface area contributed by atoms with Crippen LogP contribution in [0.3, 0.4) is 0 Å². The molecule has 6 heteroatoms. The molecule has 0 atom stereocenters. The minimum atomic E-state index is -0.135. The van der Waals surface area contributed by atoms with Crippen LogP contribution in [0.4, 0.5) is 5.69 Å². The lowest BCUT2D eigenvalue weighted by molar-refractivity contribution is -0.136. The number of hydrogen-bond acceptors (Lipinski definition) is 4. The molecule has 1 fully saturated rings. The fraction of sp³-hybridized carbons (Fsp3) is 0.286. The third kappa shape index (κ3) is 4.85. The molecule has 0 unspecified atom stereocenters. The Morgan fingerprint density at radius 3 is 2.44 bits per heavy atom. The number of piperidine rings is 1. The molecule has 2 amide bonds. The zero-order valence-electron chi connectivity index (χ0n) is 14.9. The fourth-order valence-corrected chi connectivity index (χ4v) is 3.07. The Hall–Kier alpha value is -3.33. The second kappa shape index (κ2) is 8.86. The smallest absolute Gasteiger partial charge is 0.260 e. The Morgan fingerprint density at radius 1 is 1.07 bits per heavy atom. The van der Waals surface area contributed by atoms with E-state index in [4.69, 9.17) is 10.00 Å². The molecule has 1 saturated heterocycles. The Labute approximate surface area is 158 Å². The van der Waals surface area contributed by atoms with Gasteiger partial charge in [-0.1, -0.05) is 30.3 Å². The van der Waals surface area contributed by atoms with Crippen LogP contribution in [0.25, 0.3) is 0 Å². The molecule has 0 spiro atoms. The predicted molar refractivity (Wildman–Crippen MR) is 101 cm³/mol. The maximum absolute atomic E-state index is 12.4. The number of likely N-dealkylation sites (tertiary alicyclic amines) is 1. The first-order chi connectivity index (χ1) is 13.2. The number of ether oxygens (including phenoxy) is 1. The van der Waals surface area contributed by atoms with Crippen LogP contribution in [0.5, 0.6) is 5.75 Å². The molecule has 2 aromatic carbocycles. The molecular formula is C21H21N3O3. The molecule has 6 nitrogen and oxygen atoms in total. The molecule has 1 aliphatic rings. The molecule has 1 heterocycles. The molecule has 0 saturated carbocycles. The van der Waals surface area contributed by atoms with E-state index in [0.717, 1.165) is 5.69 Å². The summed E-state index contributed by atoms with van der Waals surface area (Å²) in [6, 6.07) is 18.2. The summed E-state index contributed by atoms with van der Waals surface area (Å²) in [4.78, 5) is 26.4. The molecule has 0 bridgehead atoms. The van der Waals surface area contributed by atoms with Gasteiger partial charge in [-0.25, -0.2) is 0 Å². The van der Waals surface area contributed by atoms with Gasteiger partial charge in [0.2, 0.25) is 5.91 Å². The third-order valence-corrected chi connectivity index (χ3v) is 4.62. The summed E-state index contributed by atoms with van der Waals surface area (Å²) >= 11 is 0. The van der Waals surface area contributed by atoms with Crippen molar-refractivity contribution >= 4 is 17.5 Å². The number of hydrogen-bond donors (Lipinski definition) is 1. The van der Waals surface area contributed by atoms with Crippen molar-refractivity contribution < 1.29 is 14.3 Å². The first kappa shape index (κ1) is 18.5. The van der Waals surface area contributed by atoms with E-state index in [2.05, 4.69) is 5.32 Å². The largest absolute Gasteiger partial charge is 0.482 e. The zero-order chi connectivity index (χ0) is 19.1. The third-order valence-electron chi connectivity index (χ3n) is 4.62. The van der Waals surface area contributed by atoms with Crippen LogP contribution in [0.2, 0.25) is 0 Å². The van der Waals surface area contributed by atoms with E-state index in [1.54, 1.807) is 29.2 Å². The van der Waals surface area contributed by atoms with Crippen LogP contribution in [0.1, 0.15) is 18.4 Å². The molecule has 138 valence electrons. The molecule has 2 aromatic rings. The van der Waals surface area contributed by atoms with E-state index in [1.165, 1.54) is 0 Å². The Balaban J connectivity index is 1.46. The summed E-state index contributed by atoms with van der Waals surface area (Å²) in [7, 11) is 0. The number of carbonyl (C=O) groups is 2. The topological polar surface area (TPSA) is 82.4 Å². The second-order valence-corrected chi connectivity index (χ2v) is 6.41. The lowest BCUT2D eigenvalue weighted by Gasteiger charge is -2.31. The molecule has 1 N–H and O–H groups in total. The minimum Gasteiger partial charge on any atom is -0.482 e. The van der Waals surface area contributed by atoms with E-state index in [-0.39, 0.29) is 24.3 Å². The first-order valence-electron chi connectivity index (χ1n) is 8.93. The summed E-state index contributed by atoms with van der Waals surface area (Å²) in [6.07, 6.45) is 1.25. The van der Waals surface area contributed by atoms with Crippen LogP contribution in [0.15, 0.2) is 54.6 Å². The summed E-state index contributed by atoms with van der Waals surface area (Å²) in [6.45, 7) is 0.934. The maximum atomic E-state index is 12.4. The van der Waals surface area contributed by atoms with Gasteiger partial charge in [-0.2, -0.15) is 5.26 Å². The number of anilines is 1. The van der Waals surface area contributed by atoms with E-state index in [9.17, 15) is 9.59 Å². The standard InChI is InChI=1S/C21H21N3O3/c22-14-17-6-4-5-9-19(17)27-15-20(25)24-12-10-16(11-13-24)21(26)23-18-7-2-1-3-8-18/h1-9,16H,10-13,15H2,(H,23,26). The quantitative estimate of drug-likeness (QED) is 0.885. The van der Waals surface area contributed by atoms with Crippen LogP contribution in [-0.4, -0.2) is 36.4 Å². The van der Waals surface area contributed by atoms with Crippen molar-refractivity contribution in [2.45, 2.75) is 12.8 Å². The molecule has 3 rings (SSSR count). The number of nitrogens with zero attached hydrogens (tertiary/aromatic N) is 2. The van der Waals surface area contributed by atoms with Crippen molar-refractivity contribution in [3.8, 4) is 11.8 Å². The number of benzene rings is 2. The highest BCUT2D eigenvalue weighted by Crippen LogP contribution is 2.21. The van der Waals surface area contributed by atoms with E-state index in [0.29, 0.717) is 37.2 Å². The number of carbonyl (C=O) groups excluding carboxylic acids is 2. The minimum absolute atomic E-state index is 0.00695. The van der Waals surface area contributed by atoms with E-state index < -0.39 is 0 Å². The van der Waals surface area contributed by atoms with Crippen molar-refractivity contribution in [3.63, 3.8) is 0 Å². The average molecular weight is 363 g/mol. The van der Waals surface area contributed by atoms with Gasteiger partial charge in [0.15, 0.2) is 6.61 Å². The van der Waals surface area contributed by atoms with Gasteiger partial charge in [-0.15, -0.1) is 0 Å². The second-order valence-electron chi connectivity index (χ2n) is 6.41. The number of para-hydroxylation sites is 2. The molecule has 0 aromatic heterocycles. The normalized spacial score (nSPS) is 14.3. The van der Waals surface area contributed by atoms with Gasteiger partial charge in [-0.05, 0) is 37.1 Å². The predicted octanol–water partition coefficient (Wildman–Crippen LogP) is 2.81. The number of rotatable bonds is 5. The average Bonchev–Trinajstić information content (AvgIpc) is 2.73. The SMILES string of the molecule is N#Cc1ccccc1OCC(=O)N1CCC(C(=O)Nc2ccccc2)CC1. The number of amides is 2. The van der Waals surface area contributed by atoms with Crippen molar-refractivity contribution in [2.24, 2.45) is 5.92 Å². The summed E-state index contributed by atoms with van der Waals surface area (Å²) < 4.78 is 5.50. The monoisotopic (exact) mass is 363 g/mol. The van der Waals surface area contributed by atoms with Crippen molar-refractivity contribution in [1.29, 1.82) is 5.26 Å². The van der Waals surface area contributed by atoms with Gasteiger partial charge < -0.3 is 15.0 Å². The Kier molecular flexibility index (Phi) is 6.06. The lowest BCUT2D eigenvalue weighted by atomic mass is 9.95. The van der Waals surface area contributed by atoms with Crippen molar-refractivity contribution in [2.75, 3.05) is 25.0 Å². The number of nitriles is 1.